The molecule has 0 aliphatic rings. The number of aromatic amines is 1. The molecule has 0 fully saturated rings. The number of nitrogens with zero attached hydrogens (tertiary/aromatic N) is 2. The molecule has 0 amide bonds. The Labute approximate surface area is 119 Å². The summed E-state index contributed by atoms with van der Waals surface area (Å²) in [7, 11) is 3.83. The van der Waals surface area contributed by atoms with Gasteiger partial charge in [0.25, 0.3) is 0 Å². The average molecular weight is 279 g/mol. The van der Waals surface area contributed by atoms with Crippen LogP contribution < -0.4 is 0 Å². The second-order valence-corrected chi connectivity index (χ2v) is 5.24. The zero-order valence-electron chi connectivity index (χ0n) is 11.8. The largest absolute Gasteiger partial charge is 0.383 e. The monoisotopic (exact) mass is 279 g/mol. The van der Waals surface area contributed by atoms with E-state index >= 15 is 0 Å². The average Bonchev–Trinajstić information content (AvgIpc) is 2.71. The van der Waals surface area contributed by atoms with Crippen molar-refractivity contribution >= 4 is 23.3 Å². The van der Waals surface area contributed by atoms with Crippen molar-refractivity contribution in [3.63, 3.8) is 0 Å². The second kappa shape index (κ2) is 6.32. The number of likely N-dealkylation sites (N-methyl/N-ethyl adjacent to an activating group) is 1. The molecule has 0 unspecified atom stereocenters. The molecule has 2 aromatic rings. The minimum atomic E-state index is 0.759. The highest BCUT2D eigenvalue weighted by Gasteiger charge is 2.07. The van der Waals surface area contributed by atoms with Crippen LogP contribution in [0, 0.1) is 11.7 Å². The summed E-state index contributed by atoms with van der Waals surface area (Å²) in [6.45, 7) is 5.67. The smallest absolute Gasteiger partial charge is 0.178 e. The summed E-state index contributed by atoms with van der Waals surface area (Å²) < 4.78 is 8.07. The summed E-state index contributed by atoms with van der Waals surface area (Å²) in [4.78, 5) is 5.52. The van der Waals surface area contributed by atoms with E-state index in [1.54, 1.807) is 7.11 Å². The van der Waals surface area contributed by atoms with Gasteiger partial charge in [-0.15, -0.1) is 0 Å². The second-order valence-electron chi connectivity index (χ2n) is 4.85. The Kier molecular flexibility index (Phi) is 4.74. The first kappa shape index (κ1) is 14.2. The first-order chi connectivity index (χ1) is 9.13. The number of H-pyrrole nitrogens is 1. The van der Waals surface area contributed by atoms with Crippen molar-refractivity contribution in [2.24, 2.45) is 0 Å². The predicted octanol–water partition coefficient (Wildman–Crippen LogP) is 2.59. The maximum Gasteiger partial charge on any atom is 0.178 e. The van der Waals surface area contributed by atoms with Gasteiger partial charge in [0.2, 0.25) is 0 Å². The topological polar surface area (TPSA) is 33.2 Å². The van der Waals surface area contributed by atoms with Crippen LogP contribution in [0.25, 0.3) is 11.0 Å². The molecule has 4 nitrogen and oxygen atoms in total. The molecule has 0 saturated heterocycles. The van der Waals surface area contributed by atoms with Crippen molar-refractivity contribution in [2.45, 2.75) is 13.5 Å². The number of hydrogen-bond donors (Lipinski definition) is 1. The van der Waals surface area contributed by atoms with E-state index in [-0.39, 0.29) is 0 Å². The third-order valence-corrected chi connectivity index (χ3v) is 3.70. The molecular weight excluding hydrogens is 258 g/mol. The molecule has 104 valence electrons. The first-order valence-corrected chi connectivity index (χ1v) is 6.90. The number of benzene rings is 1. The molecule has 0 aliphatic heterocycles. The number of aryl methyl sites for hydroxylation is 1. The fourth-order valence-electron chi connectivity index (χ4n) is 2.25. The van der Waals surface area contributed by atoms with Crippen LogP contribution >= 0.6 is 12.2 Å². The van der Waals surface area contributed by atoms with Crippen LogP contribution in [0.3, 0.4) is 0 Å². The lowest BCUT2D eigenvalue weighted by Crippen LogP contribution is -2.26. The van der Waals surface area contributed by atoms with Crippen molar-refractivity contribution in [1.82, 2.24) is 14.5 Å². The Bertz CT molecular complexity index is 602. The van der Waals surface area contributed by atoms with Crippen molar-refractivity contribution in [3.05, 3.63) is 28.5 Å². The van der Waals surface area contributed by atoms with E-state index in [1.165, 1.54) is 11.1 Å². The van der Waals surface area contributed by atoms with Crippen molar-refractivity contribution in [3.8, 4) is 0 Å². The van der Waals surface area contributed by atoms with E-state index in [0.717, 1.165) is 36.5 Å². The van der Waals surface area contributed by atoms with Gasteiger partial charge < -0.3 is 19.2 Å². The van der Waals surface area contributed by atoms with Crippen molar-refractivity contribution < 1.29 is 4.74 Å². The summed E-state index contributed by atoms with van der Waals surface area (Å²) in [6.07, 6.45) is 0. The Morgan fingerprint density at radius 3 is 2.89 bits per heavy atom. The normalized spacial score (nSPS) is 11.6. The standard InChI is InChI=1S/C14H21N3OS/c1-11-5-4-6-12-13(11)17(14(19)15-12)8-7-16(2)9-10-18-3/h4-6H,7-10H2,1-3H3,(H,15,19). The van der Waals surface area contributed by atoms with E-state index in [2.05, 4.69) is 46.6 Å². The summed E-state index contributed by atoms with van der Waals surface area (Å²) in [6, 6.07) is 6.25. The Balaban J connectivity index is 2.16. The number of methoxy groups -OCH3 is 1. The first-order valence-electron chi connectivity index (χ1n) is 6.49. The molecule has 1 N–H and O–H groups in total. The van der Waals surface area contributed by atoms with Crippen LogP contribution in [-0.4, -0.2) is 48.3 Å². The van der Waals surface area contributed by atoms with Crippen LogP contribution in [0.4, 0.5) is 0 Å². The van der Waals surface area contributed by atoms with Crippen LogP contribution in [-0.2, 0) is 11.3 Å². The van der Waals surface area contributed by atoms with Crippen LogP contribution in [0.1, 0.15) is 5.56 Å². The lowest BCUT2D eigenvalue weighted by molar-refractivity contribution is 0.159. The maximum atomic E-state index is 5.42. The fourth-order valence-corrected chi connectivity index (χ4v) is 2.54. The number of rotatable bonds is 6. The van der Waals surface area contributed by atoms with Gasteiger partial charge in [-0.25, -0.2) is 0 Å². The third-order valence-electron chi connectivity index (χ3n) is 3.38. The van der Waals surface area contributed by atoms with E-state index in [9.17, 15) is 0 Å². The van der Waals surface area contributed by atoms with Crippen LogP contribution in [0.15, 0.2) is 18.2 Å². The summed E-state index contributed by atoms with van der Waals surface area (Å²) in [5.74, 6) is 0. The van der Waals surface area contributed by atoms with Crippen molar-refractivity contribution in [1.29, 1.82) is 0 Å². The van der Waals surface area contributed by atoms with Gasteiger partial charge in [0.1, 0.15) is 0 Å². The molecular formula is C14H21N3OS. The van der Waals surface area contributed by atoms with Gasteiger partial charge in [-0.2, -0.15) is 0 Å². The number of nitrogens with one attached hydrogen (secondary N) is 1. The van der Waals surface area contributed by atoms with Gasteiger partial charge in [-0.05, 0) is 37.8 Å². The van der Waals surface area contributed by atoms with Gasteiger partial charge in [-0.1, -0.05) is 12.1 Å². The molecule has 5 heteroatoms. The summed E-state index contributed by atoms with van der Waals surface area (Å²) in [5, 5.41) is 0. The number of fused-ring (bicyclic) bond motifs is 1. The van der Waals surface area contributed by atoms with E-state index in [0.29, 0.717) is 0 Å². The SMILES string of the molecule is COCCN(C)CCn1c(=S)[nH]c2cccc(C)c21. The van der Waals surface area contributed by atoms with E-state index < -0.39 is 0 Å². The maximum absolute atomic E-state index is 5.42. The molecule has 1 heterocycles. The van der Waals surface area contributed by atoms with E-state index in [4.69, 9.17) is 17.0 Å². The zero-order chi connectivity index (χ0) is 13.8. The lowest BCUT2D eigenvalue weighted by Gasteiger charge is -2.16. The predicted molar refractivity (Wildman–Crippen MR) is 81.2 cm³/mol. The molecule has 1 aromatic carbocycles. The quantitative estimate of drug-likeness (QED) is 0.825. The molecule has 0 radical (unpaired) electrons. The molecule has 19 heavy (non-hydrogen) atoms. The van der Waals surface area contributed by atoms with Gasteiger partial charge in [0.15, 0.2) is 4.77 Å². The Morgan fingerprint density at radius 2 is 2.16 bits per heavy atom. The van der Waals surface area contributed by atoms with Crippen molar-refractivity contribution in [2.75, 3.05) is 33.9 Å². The molecule has 1 aromatic heterocycles. The molecule has 0 aliphatic carbocycles. The molecule has 2 rings (SSSR count). The van der Waals surface area contributed by atoms with Crippen LogP contribution in [0.2, 0.25) is 0 Å². The van der Waals surface area contributed by atoms with E-state index in [1.807, 2.05) is 0 Å². The fraction of sp³-hybridized carbons (Fsp3) is 0.500. The number of para-hydroxylation sites is 1. The minimum Gasteiger partial charge on any atom is -0.383 e. The highest BCUT2D eigenvalue weighted by atomic mass is 32.1. The summed E-state index contributed by atoms with van der Waals surface area (Å²) in [5.41, 5.74) is 3.58. The highest BCUT2D eigenvalue weighted by Crippen LogP contribution is 2.18. The molecule has 0 atom stereocenters. The van der Waals surface area contributed by atoms with Crippen LogP contribution in [0.5, 0.6) is 0 Å². The van der Waals surface area contributed by atoms with Gasteiger partial charge in [-0.3, -0.25) is 0 Å². The number of ether oxygens (including phenoxy) is 1. The van der Waals surface area contributed by atoms with Gasteiger partial charge >= 0.3 is 0 Å². The summed E-state index contributed by atoms with van der Waals surface area (Å²) >= 11 is 5.42. The zero-order valence-corrected chi connectivity index (χ0v) is 12.6. The Morgan fingerprint density at radius 1 is 1.37 bits per heavy atom. The molecule has 0 bridgehead atoms. The number of imidazole rings is 1. The molecule has 0 spiro atoms. The minimum absolute atomic E-state index is 0.759. The lowest BCUT2D eigenvalue weighted by atomic mass is 10.2. The molecule has 0 saturated carbocycles. The number of aromatic nitrogens is 2. The Hall–Kier alpha value is -1.17. The highest BCUT2D eigenvalue weighted by molar-refractivity contribution is 7.71. The number of hydrogen-bond acceptors (Lipinski definition) is 3. The van der Waals surface area contributed by atoms with Gasteiger partial charge in [0.05, 0.1) is 17.6 Å². The van der Waals surface area contributed by atoms with Gasteiger partial charge in [0, 0.05) is 26.7 Å². The third kappa shape index (κ3) is 3.23.